The molecule has 1 amide bonds. The summed E-state index contributed by atoms with van der Waals surface area (Å²) in [7, 11) is 0. The number of aliphatic carboxylic acids is 1. The first-order chi connectivity index (χ1) is 12.1. The maximum absolute atomic E-state index is 12.3. The summed E-state index contributed by atoms with van der Waals surface area (Å²) < 4.78 is 5.55. The summed E-state index contributed by atoms with van der Waals surface area (Å²) in [6.45, 7) is 2.73. The molecule has 0 aliphatic rings. The van der Waals surface area contributed by atoms with Crippen LogP contribution >= 0.6 is 0 Å². The van der Waals surface area contributed by atoms with Crippen molar-refractivity contribution in [1.29, 1.82) is 0 Å². The summed E-state index contributed by atoms with van der Waals surface area (Å²) in [4.78, 5) is 23.7. The topological polar surface area (TPSA) is 75.6 Å². The van der Waals surface area contributed by atoms with E-state index >= 15 is 0 Å². The van der Waals surface area contributed by atoms with E-state index in [-0.39, 0.29) is 6.42 Å². The lowest BCUT2D eigenvalue weighted by Gasteiger charge is -2.15. The highest BCUT2D eigenvalue weighted by atomic mass is 16.5. The predicted octanol–water partition coefficient (Wildman–Crippen LogP) is 3.29. The van der Waals surface area contributed by atoms with Crippen LogP contribution in [-0.2, 0) is 11.2 Å². The Morgan fingerprint density at radius 3 is 2.36 bits per heavy atom. The zero-order chi connectivity index (χ0) is 18.1. The number of hydrogen-bond donors (Lipinski definition) is 2. The summed E-state index contributed by atoms with van der Waals surface area (Å²) in [5.41, 5.74) is 1.26. The van der Waals surface area contributed by atoms with Gasteiger partial charge < -0.3 is 15.2 Å². The Hall–Kier alpha value is -2.82. The van der Waals surface area contributed by atoms with E-state index in [0.29, 0.717) is 17.9 Å². The number of rotatable bonds is 9. The van der Waals surface area contributed by atoms with Crippen molar-refractivity contribution in [2.24, 2.45) is 0 Å². The molecule has 0 aliphatic carbocycles. The van der Waals surface area contributed by atoms with Gasteiger partial charge in [-0.15, -0.1) is 0 Å². The first kappa shape index (κ1) is 18.5. The van der Waals surface area contributed by atoms with E-state index < -0.39 is 17.9 Å². The van der Waals surface area contributed by atoms with Gasteiger partial charge in [-0.05, 0) is 36.2 Å². The van der Waals surface area contributed by atoms with Crippen molar-refractivity contribution >= 4 is 11.9 Å². The summed E-state index contributed by atoms with van der Waals surface area (Å²) in [6.07, 6.45) is 2.26. The maximum Gasteiger partial charge on any atom is 0.326 e. The lowest BCUT2D eigenvalue weighted by Crippen LogP contribution is -2.42. The van der Waals surface area contributed by atoms with E-state index in [1.807, 2.05) is 30.3 Å². The number of benzene rings is 2. The van der Waals surface area contributed by atoms with Gasteiger partial charge in [-0.3, -0.25) is 4.79 Å². The number of carbonyl (C=O) groups excluding carboxylic acids is 1. The van der Waals surface area contributed by atoms with Crippen molar-refractivity contribution in [2.45, 2.75) is 32.2 Å². The van der Waals surface area contributed by atoms with Gasteiger partial charge >= 0.3 is 5.97 Å². The molecule has 2 rings (SSSR count). The van der Waals surface area contributed by atoms with E-state index in [1.54, 1.807) is 24.3 Å². The van der Waals surface area contributed by atoms with E-state index in [0.717, 1.165) is 18.4 Å². The van der Waals surface area contributed by atoms with Gasteiger partial charge in [-0.2, -0.15) is 0 Å². The molecule has 0 aliphatic heterocycles. The molecule has 132 valence electrons. The fourth-order valence-corrected chi connectivity index (χ4v) is 2.33. The van der Waals surface area contributed by atoms with Crippen molar-refractivity contribution < 1.29 is 19.4 Å². The lowest BCUT2D eigenvalue weighted by molar-refractivity contribution is -0.139. The summed E-state index contributed by atoms with van der Waals surface area (Å²) in [5.74, 6) is -0.774. The van der Waals surface area contributed by atoms with Crippen LogP contribution in [0.3, 0.4) is 0 Å². The van der Waals surface area contributed by atoms with Crippen molar-refractivity contribution in [2.75, 3.05) is 6.61 Å². The Kier molecular flexibility index (Phi) is 7.01. The molecule has 2 aromatic rings. The fourth-order valence-electron chi connectivity index (χ4n) is 2.33. The second-order valence-corrected chi connectivity index (χ2v) is 5.78. The molecule has 5 heteroatoms. The van der Waals surface area contributed by atoms with Crippen LogP contribution in [0.2, 0.25) is 0 Å². The molecular weight excluding hydrogens is 318 g/mol. The monoisotopic (exact) mass is 341 g/mol. The van der Waals surface area contributed by atoms with Gasteiger partial charge in [-0.25, -0.2) is 4.79 Å². The highest BCUT2D eigenvalue weighted by Crippen LogP contribution is 2.13. The van der Waals surface area contributed by atoms with Crippen LogP contribution in [0.15, 0.2) is 54.6 Å². The average molecular weight is 341 g/mol. The Bertz CT molecular complexity index is 683. The molecule has 1 atom stereocenters. The van der Waals surface area contributed by atoms with Gasteiger partial charge in [0.05, 0.1) is 6.61 Å². The molecule has 0 aromatic heterocycles. The van der Waals surface area contributed by atoms with Crippen LogP contribution < -0.4 is 10.1 Å². The quantitative estimate of drug-likeness (QED) is 0.686. The zero-order valence-corrected chi connectivity index (χ0v) is 14.3. The van der Waals surface area contributed by atoms with Gasteiger partial charge in [0.15, 0.2) is 0 Å². The third-order valence-electron chi connectivity index (χ3n) is 3.77. The van der Waals surface area contributed by atoms with Crippen molar-refractivity contribution in [3.05, 3.63) is 65.7 Å². The van der Waals surface area contributed by atoms with Gasteiger partial charge in [0.25, 0.3) is 5.91 Å². The second-order valence-electron chi connectivity index (χ2n) is 5.78. The highest BCUT2D eigenvalue weighted by molar-refractivity contribution is 5.96. The zero-order valence-electron chi connectivity index (χ0n) is 14.3. The van der Waals surface area contributed by atoms with Crippen LogP contribution in [0.4, 0.5) is 0 Å². The molecule has 5 nitrogen and oxygen atoms in total. The molecule has 0 saturated carbocycles. The predicted molar refractivity (Wildman–Crippen MR) is 95.9 cm³/mol. The van der Waals surface area contributed by atoms with Crippen LogP contribution in [0.1, 0.15) is 35.7 Å². The number of unbranched alkanes of at least 4 members (excludes halogenated alkanes) is 1. The molecule has 2 aromatic carbocycles. The fraction of sp³-hybridized carbons (Fsp3) is 0.300. The first-order valence-electron chi connectivity index (χ1n) is 8.40. The minimum absolute atomic E-state index is 0.236. The Morgan fingerprint density at radius 2 is 1.76 bits per heavy atom. The van der Waals surface area contributed by atoms with Crippen LogP contribution in [0, 0.1) is 0 Å². The average Bonchev–Trinajstić information content (AvgIpc) is 2.62. The number of amides is 1. The molecular formula is C20H23NO4. The molecule has 0 bridgehead atoms. The van der Waals surface area contributed by atoms with E-state index in [1.165, 1.54) is 0 Å². The molecule has 0 radical (unpaired) electrons. The molecule has 0 fully saturated rings. The van der Waals surface area contributed by atoms with Crippen LogP contribution in [0.25, 0.3) is 0 Å². The number of carboxylic acid groups (broad SMARTS) is 1. The van der Waals surface area contributed by atoms with Crippen LogP contribution in [-0.4, -0.2) is 29.6 Å². The van der Waals surface area contributed by atoms with E-state index in [4.69, 9.17) is 4.74 Å². The minimum Gasteiger partial charge on any atom is -0.494 e. The Morgan fingerprint density at radius 1 is 1.08 bits per heavy atom. The number of carbonyl (C=O) groups is 2. The number of carboxylic acids is 1. The third-order valence-corrected chi connectivity index (χ3v) is 3.77. The SMILES string of the molecule is CCCCOc1ccc(C(=O)N[C@@H](Cc2ccccc2)C(=O)O)cc1. The Balaban J connectivity index is 1.97. The Labute approximate surface area is 147 Å². The summed E-state index contributed by atoms with van der Waals surface area (Å²) >= 11 is 0. The molecule has 0 unspecified atom stereocenters. The largest absolute Gasteiger partial charge is 0.494 e. The van der Waals surface area contributed by atoms with Crippen molar-refractivity contribution in [3.63, 3.8) is 0 Å². The smallest absolute Gasteiger partial charge is 0.326 e. The van der Waals surface area contributed by atoms with Gasteiger partial charge in [0.1, 0.15) is 11.8 Å². The second kappa shape index (κ2) is 9.47. The number of nitrogens with one attached hydrogen (secondary N) is 1. The highest BCUT2D eigenvalue weighted by Gasteiger charge is 2.21. The normalized spacial score (nSPS) is 11.6. The van der Waals surface area contributed by atoms with Crippen molar-refractivity contribution in [3.8, 4) is 5.75 Å². The standard InChI is InChI=1S/C20H23NO4/c1-2-3-13-25-17-11-9-16(10-12-17)19(22)21-18(20(23)24)14-15-7-5-4-6-8-15/h4-12,18H,2-3,13-14H2,1H3,(H,21,22)(H,23,24)/t18-/m0/s1. The molecule has 0 saturated heterocycles. The number of hydrogen-bond acceptors (Lipinski definition) is 3. The van der Waals surface area contributed by atoms with E-state index in [9.17, 15) is 14.7 Å². The molecule has 25 heavy (non-hydrogen) atoms. The molecule has 0 heterocycles. The van der Waals surface area contributed by atoms with E-state index in [2.05, 4.69) is 12.2 Å². The van der Waals surface area contributed by atoms with Gasteiger partial charge in [0, 0.05) is 12.0 Å². The molecule has 0 spiro atoms. The first-order valence-corrected chi connectivity index (χ1v) is 8.40. The lowest BCUT2D eigenvalue weighted by atomic mass is 10.1. The van der Waals surface area contributed by atoms with Gasteiger partial charge in [0.2, 0.25) is 0 Å². The van der Waals surface area contributed by atoms with Gasteiger partial charge in [-0.1, -0.05) is 43.7 Å². The van der Waals surface area contributed by atoms with Crippen LogP contribution in [0.5, 0.6) is 5.75 Å². The number of ether oxygens (including phenoxy) is 1. The summed E-state index contributed by atoms with van der Waals surface area (Å²) in [6, 6.07) is 15.0. The maximum atomic E-state index is 12.3. The summed E-state index contributed by atoms with van der Waals surface area (Å²) in [5, 5.41) is 11.9. The van der Waals surface area contributed by atoms with Crippen molar-refractivity contribution in [1.82, 2.24) is 5.32 Å². The third kappa shape index (κ3) is 5.95. The molecule has 2 N–H and O–H groups in total. The minimum atomic E-state index is -1.06.